The number of benzene rings is 2. The number of hydrogen-bond donors (Lipinski definition) is 1. The van der Waals surface area contributed by atoms with Gasteiger partial charge in [-0.3, -0.25) is 9.69 Å². The van der Waals surface area contributed by atoms with Crippen molar-refractivity contribution in [2.75, 3.05) is 13.7 Å². The number of phenols is 1. The van der Waals surface area contributed by atoms with Gasteiger partial charge in [-0.2, -0.15) is 0 Å². The molecule has 5 nitrogen and oxygen atoms in total. The summed E-state index contributed by atoms with van der Waals surface area (Å²) in [5.74, 6) is 0.614. The van der Waals surface area contributed by atoms with E-state index in [0.717, 1.165) is 11.1 Å². The van der Waals surface area contributed by atoms with Crippen molar-refractivity contribution < 1.29 is 14.6 Å². The molecule has 1 aliphatic rings. The van der Waals surface area contributed by atoms with Crippen LogP contribution in [-0.4, -0.2) is 34.7 Å². The van der Waals surface area contributed by atoms with Crippen molar-refractivity contribution in [2.45, 2.75) is 6.92 Å². The van der Waals surface area contributed by atoms with Gasteiger partial charge in [0.25, 0.3) is 5.91 Å². The van der Waals surface area contributed by atoms with Crippen LogP contribution in [0, 0.1) is 6.92 Å². The van der Waals surface area contributed by atoms with Gasteiger partial charge in [-0.15, -0.1) is 6.58 Å². The first-order valence-corrected chi connectivity index (χ1v) is 9.18. The number of amidine groups is 1. The van der Waals surface area contributed by atoms with E-state index in [-0.39, 0.29) is 11.7 Å². The van der Waals surface area contributed by atoms with Crippen molar-refractivity contribution in [1.29, 1.82) is 0 Å². The normalized spacial score (nSPS) is 17.0. The zero-order chi connectivity index (χ0) is 19.4. The minimum absolute atomic E-state index is 0.0799. The van der Waals surface area contributed by atoms with Crippen molar-refractivity contribution in [2.24, 2.45) is 4.99 Å². The monoisotopic (exact) mass is 380 g/mol. The van der Waals surface area contributed by atoms with Crippen LogP contribution in [0.1, 0.15) is 11.1 Å². The van der Waals surface area contributed by atoms with E-state index in [1.807, 2.05) is 37.3 Å². The summed E-state index contributed by atoms with van der Waals surface area (Å²) in [5.41, 5.74) is 2.17. The highest BCUT2D eigenvalue weighted by Gasteiger charge is 2.33. The van der Waals surface area contributed by atoms with Gasteiger partial charge in [0.2, 0.25) is 0 Å². The average Bonchev–Trinajstić information content (AvgIpc) is 2.94. The summed E-state index contributed by atoms with van der Waals surface area (Å²) in [6, 6.07) is 12.7. The van der Waals surface area contributed by atoms with E-state index in [1.165, 1.54) is 16.7 Å². The molecule has 1 heterocycles. The first kappa shape index (κ1) is 18.8. The van der Waals surface area contributed by atoms with E-state index in [4.69, 9.17) is 4.74 Å². The molecule has 0 spiro atoms. The molecule has 0 aromatic heterocycles. The summed E-state index contributed by atoms with van der Waals surface area (Å²) in [7, 11) is 1.60. The predicted molar refractivity (Wildman–Crippen MR) is 110 cm³/mol. The van der Waals surface area contributed by atoms with E-state index < -0.39 is 0 Å². The van der Waals surface area contributed by atoms with Gasteiger partial charge in [0.15, 0.2) is 5.17 Å². The van der Waals surface area contributed by atoms with Crippen molar-refractivity contribution in [3.63, 3.8) is 0 Å². The van der Waals surface area contributed by atoms with Gasteiger partial charge in [-0.25, -0.2) is 4.99 Å². The standard InChI is InChI=1S/C21H20N2O3S/c1-4-11-23-20(25)19(13-15-7-5-6-8-18(15)26-3)27-21(23)22-16-10-9-14(2)12-17(16)24/h4-10,12-13,24H,1,11H2,2-3H3/b19-13-,22-21?. The molecule has 27 heavy (non-hydrogen) atoms. The first-order chi connectivity index (χ1) is 13.0. The van der Waals surface area contributed by atoms with E-state index in [2.05, 4.69) is 11.6 Å². The SMILES string of the molecule is C=CCN1C(=O)/C(=C/c2ccccc2OC)SC1=Nc1ccc(C)cc1O. The highest BCUT2D eigenvalue weighted by molar-refractivity contribution is 8.18. The number of amides is 1. The van der Waals surface area contributed by atoms with Crippen LogP contribution in [0.25, 0.3) is 6.08 Å². The predicted octanol–water partition coefficient (Wildman–Crippen LogP) is 4.50. The molecule has 0 aliphatic carbocycles. The molecule has 1 saturated heterocycles. The van der Waals surface area contributed by atoms with Crippen LogP contribution in [-0.2, 0) is 4.79 Å². The summed E-state index contributed by atoms with van der Waals surface area (Å²) in [6.45, 7) is 5.94. The van der Waals surface area contributed by atoms with Gasteiger partial charge < -0.3 is 9.84 Å². The molecule has 1 N–H and O–H groups in total. The molecule has 0 bridgehead atoms. The number of nitrogens with zero attached hydrogens (tertiary/aromatic N) is 2. The smallest absolute Gasteiger partial charge is 0.267 e. The molecule has 138 valence electrons. The molecule has 2 aromatic rings. The molecule has 3 rings (SSSR count). The highest BCUT2D eigenvalue weighted by Crippen LogP contribution is 2.37. The lowest BCUT2D eigenvalue weighted by Gasteiger charge is -2.13. The Hall–Kier alpha value is -2.99. The summed E-state index contributed by atoms with van der Waals surface area (Å²) >= 11 is 1.26. The zero-order valence-electron chi connectivity index (χ0n) is 15.2. The van der Waals surface area contributed by atoms with Gasteiger partial charge in [-0.05, 0) is 48.5 Å². The van der Waals surface area contributed by atoms with Crippen LogP contribution in [0.15, 0.2) is 65.0 Å². The average molecular weight is 380 g/mol. The van der Waals surface area contributed by atoms with E-state index in [9.17, 15) is 9.90 Å². The number of aliphatic imine (C=N–C) groups is 1. The summed E-state index contributed by atoms with van der Waals surface area (Å²) < 4.78 is 5.36. The molecule has 0 atom stereocenters. The number of para-hydroxylation sites is 1. The van der Waals surface area contributed by atoms with Crippen LogP contribution in [0.4, 0.5) is 5.69 Å². The second-order valence-electron chi connectivity index (χ2n) is 5.94. The van der Waals surface area contributed by atoms with Gasteiger partial charge >= 0.3 is 0 Å². The minimum atomic E-state index is -0.156. The second-order valence-corrected chi connectivity index (χ2v) is 6.95. The van der Waals surface area contributed by atoms with E-state index in [1.54, 1.807) is 31.4 Å². The van der Waals surface area contributed by atoms with Crippen LogP contribution in [0.3, 0.4) is 0 Å². The number of carbonyl (C=O) groups is 1. The Balaban J connectivity index is 2.00. The lowest BCUT2D eigenvalue weighted by Crippen LogP contribution is -2.29. The maximum Gasteiger partial charge on any atom is 0.267 e. The first-order valence-electron chi connectivity index (χ1n) is 8.37. The third-order valence-electron chi connectivity index (χ3n) is 3.97. The molecular weight excluding hydrogens is 360 g/mol. The largest absolute Gasteiger partial charge is 0.506 e. The van der Waals surface area contributed by atoms with E-state index in [0.29, 0.717) is 28.1 Å². The van der Waals surface area contributed by atoms with Crippen LogP contribution >= 0.6 is 11.8 Å². The molecule has 1 amide bonds. The molecule has 0 saturated carbocycles. The zero-order valence-corrected chi connectivity index (χ0v) is 16.0. The number of rotatable bonds is 5. The third-order valence-corrected chi connectivity index (χ3v) is 4.98. The van der Waals surface area contributed by atoms with E-state index >= 15 is 0 Å². The van der Waals surface area contributed by atoms with Crippen LogP contribution in [0.5, 0.6) is 11.5 Å². The number of phenolic OH excluding ortho intramolecular Hbond substituents is 1. The molecule has 0 unspecified atom stereocenters. The molecule has 2 aromatic carbocycles. The topological polar surface area (TPSA) is 62.1 Å². The maximum atomic E-state index is 12.8. The minimum Gasteiger partial charge on any atom is -0.506 e. The quantitative estimate of drug-likeness (QED) is 0.613. The van der Waals surface area contributed by atoms with Crippen molar-refractivity contribution in [1.82, 2.24) is 4.90 Å². The Kier molecular flexibility index (Phi) is 5.66. The summed E-state index contributed by atoms with van der Waals surface area (Å²) in [4.78, 5) is 19.4. The lowest BCUT2D eigenvalue weighted by molar-refractivity contribution is -0.121. The maximum absolute atomic E-state index is 12.8. The Morgan fingerprint density at radius 3 is 2.78 bits per heavy atom. The number of hydrogen-bond acceptors (Lipinski definition) is 5. The summed E-state index contributed by atoms with van der Waals surface area (Å²) in [6.07, 6.45) is 3.44. The molecule has 1 aliphatic heterocycles. The number of aryl methyl sites for hydroxylation is 1. The highest BCUT2D eigenvalue weighted by atomic mass is 32.2. The van der Waals surface area contributed by atoms with Gasteiger partial charge in [0.05, 0.1) is 12.0 Å². The van der Waals surface area contributed by atoms with Crippen molar-refractivity contribution in [3.05, 3.63) is 71.2 Å². The number of thioether (sulfide) groups is 1. The van der Waals surface area contributed by atoms with Crippen LogP contribution in [0.2, 0.25) is 0 Å². The third kappa shape index (κ3) is 4.06. The van der Waals surface area contributed by atoms with Gasteiger partial charge in [-0.1, -0.05) is 30.3 Å². The number of carbonyl (C=O) groups excluding carboxylic acids is 1. The molecule has 6 heteroatoms. The Labute approximate surface area is 162 Å². The van der Waals surface area contributed by atoms with Crippen molar-refractivity contribution >= 4 is 34.6 Å². The fourth-order valence-electron chi connectivity index (χ4n) is 2.64. The molecular formula is C21H20N2O3S. The fraction of sp³-hybridized carbons (Fsp3) is 0.143. The van der Waals surface area contributed by atoms with Gasteiger partial charge in [0.1, 0.15) is 17.2 Å². The second kappa shape index (κ2) is 8.14. The lowest BCUT2D eigenvalue weighted by atomic mass is 10.2. The van der Waals surface area contributed by atoms with Crippen molar-refractivity contribution in [3.8, 4) is 11.5 Å². The number of ether oxygens (including phenoxy) is 1. The number of aromatic hydroxyl groups is 1. The molecule has 1 fully saturated rings. The fourth-order valence-corrected chi connectivity index (χ4v) is 3.63. The number of methoxy groups -OCH3 is 1. The Bertz CT molecular complexity index is 950. The Morgan fingerprint density at radius 2 is 2.07 bits per heavy atom. The van der Waals surface area contributed by atoms with Gasteiger partial charge in [0, 0.05) is 12.1 Å². The van der Waals surface area contributed by atoms with Crippen LogP contribution < -0.4 is 4.74 Å². The Morgan fingerprint density at radius 1 is 1.30 bits per heavy atom. The molecule has 0 radical (unpaired) electrons. The summed E-state index contributed by atoms with van der Waals surface area (Å²) in [5, 5.41) is 10.6.